The van der Waals surface area contributed by atoms with Crippen LogP contribution in [-0.2, 0) is 11.3 Å². The van der Waals surface area contributed by atoms with Crippen LogP contribution in [0.4, 0.5) is 5.13 Å². The number of hydrogen-bond donors (Lipinski definition) is 1. The molecule has 3 aromatic rings. The fourth-order valence-corrected chi connectivity index (χ4v) is 4.35. The molecule has 28 heavy (non-hydrogen) atoms. The number of carbonyl (C=O) groups is 1. The first kappa shape index (κ1) is 19.1. The number of nitrogens with one attached hydrogen (secondary N) is 1. The lowest BCUT2D eigenvalue weighted by Crippen LogP contribution is -2.35. The highest BCUT2D eigenvalue weighted by Gasteiger charge is 2.19. The first-order chi connectivity index (χ1) is 13.7. The van der Waals surface area contributed by atoms with Gasteiger partial charge < -0.3 is 4.74 Å². The van der Waals surface area contributed by atoms with Crippen LogP contribution in [-0.4, -0.2) is 42.1 Å². The van der Waals surface area contributed by atoms with Crippen LogP contribution in [0.3, 0.4) is 0 Å². The van der Waals surface area contributed by atoms with Gasteiger partial charge in [0.05, 0.1) is 29.5 Å². The van der Waals surface area contributed by atoms with Crippen LogP contribution in [0.2, 0.25) is 5.02 Å². The van der Waals surface area contributed by atoms with Crippen LogP contribution in [0.5, 0.6) is 0 Å². The number of rotatable bonds is 5. The second kappa shape index (κ2) is 8.84. The first-order valence-corrected chi connectivity index (χ1v) is 10.3. The van der Waals surface area contributed by atoms with Crippen molar-refractivity contribution in [2.45, 2.75) is 6.54 Å². The van der Waals surface area contributed by atoms with E-state index in [1.807, 2.05) is 30.3 Å². The molecule has 1 aliphatic heterocycles. The van der Waals surface area contributed by atoms with E-state index in [2.05, 4.69) is 10.2 Å². The molecule has 1 N–H and O–H groups in total. The van der Waals surface area contributed by atoms with Crippen LogP contribution in [0, 0.1) is 0 Å². The smallest absolute Gasteiger partial charge is 0.258 e. The van der Waals surface area contributed by atoms with Gasteiger partial charge in [0, 0.05) is 30.1 Å². The SMILES string of the molecule is O=C(Nc1nc(-c2ccccc2)c(CN2CCOCC2)s1)c1ccccc1Cl. The fraction of sp³-hybridized carbons (Fsp3) is 0.238. The molecule has 2 heterocycles. The molecule has 4 rings (SSSR count). The number of benzene rings is 2. The molecule has 2 aromatic carbocycles. The summed E-state index contributed by atoms with van der Waals surface area (Å²) in [5, 5.41) is 3.91. The van der Waals surface area contributed by atoms with Crippen molar-refractivity contribution >= 4 is 34.0 Å². The van der Waals surface area contributed by atoms with Crippen molar-refractivity contribution < 1.29 is 9.53 Å². The molecule has 0 unspecified atom stereocenters. The van der Waals surface area contributed by atoms with E-state index in [1.165, 1.54) is 11.3 Å². The highest BCUT2D eigenvalue weighted by Crippen LogP contribution is 2.33. The Morgan fingerprint density at radius 3 is 2.57 bits per heavy atom. The highest BCUT2D eigenvalue weighted by atomic mass is 35.5. The van der Waals surface area contributed by atoms with Crippen molar-refractivity contribution in [1.29, 1.82) is 0 Å². The quantitative estimate of drug-likeness (QED) is 0.666. The summed E-state index contributed by atoms with van der Waals surface area (Å²) in [4.78, 5) is 20.8. The van der Waals surface area contributed by atoms with Crippen LogP contribution < -0.4 is 5.32 Å². The molecular formula is C21H20ClN3O2S. The second-order valence-corrected chi connectivity index (χ2v) is 7.97. The lowest BCUT2D eigenvalue weighted by molar-refractivity contribution is 0.0347. The molecule has 1 aromatic heterocycles. The summed E-state index contributed by atoms with van der Waals surface area (Å²) >= 11 is 7.66. The van der Waals surface area contributed by atoms with Gasteiger partial charge in [-0.1, -0.05) is 65.4 Å². The van der Waals surface area contributed by atoms with E-state index >= 15 is 0 Å². The number of carbonyl (C=O) groups excluding carboxylic acids is 1. The zero-order valence-electron chi connectivity index (χ0n) is 15.2. The Bertz CT molecular complexity index is 955. The predicted octanol–water partition coefficient (Wildman–Crippen LogP) is 4.55. The molecule has 1 saturated heterocycles. The number of aromatic nitrogens is 1. The van der Waals surface area contributed by atoms with E-state index in [0.717, 1.165) is 49.0 Å². The molecule has 0 spiro atoms. The van der Waals surface area contributed by atoms with Gasteiger partial charge in [-0.15, -0.1) is 0 Å². The van der Waals surface area contributed by atoms with Gasteiger partial charge >= 0.3 is 0 Å². The van der Waals surface area contributed by atoms with Crippen molar-refractivity contribution in [3.63, 3.8) is 0 Å². The topological polar surface area (TPSA) is 54.5 Å². The molecule has 1 fully saturated rings. The largest absolute Gasteiger partial charge is 0.379 e. The van der Waals surface area contributed by atoms with Crippen LogP contribution in [0.1, 0.15) is 15.2 Å². The summed E-state index contributed by atoms with van der Waals surface area (Å²) in [6, 6.07) is 17.1. The van der Waals surface area contributed by atoms with E-state index in [1.54, 1.807) is 24.3 Å². The van der Waals surface area contributed by atoms with Crippen molar-refractivity contribution in [2.75, 3.05) is 31.6 Å². The van der Waals surface area contributed by atoms with Gasteiger partial charge in [0.1, 0.15) is 0 Å². The zero-order chi connectivity index (χ0) is 19.3. The van der Waals surface area contributed by atoms with Crippen molar-refractivity contribution in [3.05, 3.63) is 70.1 Å². The summed E-state index contributed by atoms with van der Waals surface area (Å²) in [6.45, 7) is 4.07. The minimum Gasteiger partial charge on any atom is -0.379 e. The summed E-state index contributed by atoms with van der Waals surface area (Å²) in [6.07, 6.45) is 0. The number of hydrogen-bond acceptors (Lipinski definition) is 5. The molecule has 144 valence electrons. The van der Waals surface area contributed by atoms with Gasteiger partial charge in [-0.25, -0.2) is 4.98 Å². The van der Waals surface area contributed by atoms with Crippen molar-refractivity contribution in [3.8, 4) is 11.3 Å². The summed E-state index contributed by atoms with van der Waals surface area (Å²) < 4.78 is 5.45. The number of morpholine rings is 1. The minimum atomic E-state index is -0.253. The molecule has 0 saturated carbocycles. The summed E-state index contributed by atoms with van der Waals surface area (Å²) in [5.74, 6) is -0.253. The normalized spacial score (nSPS) is 14.8. The van der Waals surface area contributed by atoms with E-state index in [-0.39, 0.29) is 5.91 Å². The maximum atomic E-state index is 12.6. The van der Waals surface area contributed by atoms with Crippen LogP contribution in [0.25, 0.3) is 11.3 Å². The van der Waals surface area contributed by atoms with Gasteiger partial charge in [-0.05, 0) is 12.1 Å². The Morgan fingerprint density at radius 1 is 1.11 bits per heavy atom. The van der Waals surface area contributed by atoms with Crippen molar-refractivity contribution in [2.24, 2.45) is 0 Å². The summed E-state index contributed by atoms with van der Waals surface area (Å²) in [5.41, 5.74) is 2.39. The third kappa shape index (κ3) is 4.42. The molecular weight excluding hydrogens is 394 g/mol. The highest BCUT2D eigenvalue weighted by molar-refractivity contribution is 7.16. The number of ether oxygens (including phenoxy) is 1. The van der Waals surface area contributed by atoms with Crippen LogP contribution >= 0.6 is 22.9 Å². The number of thiazole rings is 1. The Balaban J connectivity index is 1.61. The Labute approximate surface area is 172 Å². The number of amides is 1. The average Bonchev–Trinajstić information content (AvgIpc) is 3.11. The molecule has 7 heteroatoms. The van der Waals surface area contributed by atoms with Gasteiger partial charge in [0.25, 0.3) is 5.91 Å². The van der Waals surface area contributed by atoms with Gasteiger partial charge in [-0.2, -0.15) is 0 Å². The Kier molecular flexibility index (Phi) is 6.02. The van der Waals surface area contributed by atoms with Crippen LogP contribution in [0.15, 0.2) is 54.6 Å². The van der Waals surface area contributed by atoms with E-state index < -0.39 is 0 Å². The second-order valence-electron chi connectivity index (χ2n) is 6.48. The third-order valence-corrected chi connectivity index (χ3v) is 5.84. The fourth-order valence-electron chi connectivity index (χ4n) is 3.11. The van der Waals surface area contributed by atoms with Gasteiger partial charge in [-0.3, -0.25) is 15.0 Å². The summed E-state index contributed by atoms with van der Waals surface area (Å²) in [7, 11) is 0. The number of nitrogens with zero attached hydrogens (tertiary/aromatic N) is 2. The monoisotopic (exact) mass is 413 g/mol. The zero-order valence-corrected chi connectivity index (χ0v) is 16.8. The Hall–Kier alpha value is -2.25. The molecule has 0 aliphatic carbocycles. The van der Waals surface area contributed by atoms with E-state index in [0.29, 0.717) is 15.7 Å². The molecule has 0 bridgehead atoms. The van der Waals surface area contributed by atoms with Gasteiger partial charge in [0.2, 0.25) is 0 Å². The Morgan fingerprint density at radius 2 is 1.82 bits per heavy atom. The molecule has 5 nitrogen and oxygen atoms in total. The standard InChI is InChI=1S/C21H20ClN3O2S/c22-17-9-5-4-8-16(17)20(26)24-21-23-19(15-6-2-1-3-7-15)18(28-21)14-25-10-12-27-13-11-25/h1-9H,10-14H2,(H,23,24,26). The predicted molar refractivity (Wildman–Crippen MR) is 113 cm³/mol. The maximum absolute atomic E-state index is 12.6. The average molecular weight is 414 g/mol. The number of halogens is 1. The molecule has 0 radical (unpaired) electrons. The van der Waals surface area contributed by atoms with Gasteiger partial charge in [0.15, 0.2) is 5.13 Å². The first-order valence-electron chi connectivity index (χ1n) is 9.12. The third-order valence-electron chi connectivity index (χ3n) is 4.55. The molecule has 1 amide bonds. The van der Waals surface area contributed by atoms with E-state index in [9.17, 15) is 4.79 Å². The van der Waals surface area contributed by atoms with E-state index in [4.69, 9.17) is 21.3 Å². The minimum absolute atomic E-state index is 0.253. The lowest BCUT2D eigenvalue weighted by atomic mass is 10.1. The van der Waals surface area contributed by atoms with Crippen molar-refractivity contribution in [1.82, 2.24) is 9.88 Å². The molecule has 0 atom stereocenters. The number of anilines is 1. The molecule has 1 aliphatic rings. The lowest BCUT2D eigenvalue weighted by Gasteiger charge is -2.26. The maximum Gasteiger partial charge on any atom is 0.258 e.